The van der Waals surface area contributed by atoms with E-state index in [1.165, 1.54) is 0 Å². The Balaban J connectivity index is 1.68. The molecule has 1 heterocycles. The van der Waals surface area contributed by atoms with Crippen LogP contribution in [0.4, 0.5) is 5.69 Å². The fourth-order valence-electron chi connectivity index (χ4n) is 3.33. The molecule has 30 heavy (non-hydrogen) atoms. The number of benzene rings is 3. The molecule has 0 atom stereocenters. The van der Waals surface area contributed by atoms with Crippen LogP contribution in [-0.4, -0.2) is 10.5 Å². The monoisotopic (exact) mass is 411 g/mol. The molecule has 0 aliphatic carbocycles. The number of carbonyl (C=O) groups excluding carboxylic acids is 1. The number of para-hydroxylation sites is 2. The van der Waals surface area contributed by atoms with E-state index >= 15 is 0 Å². The summed E-state index contributed by atoms with van der Waals surface area (Å²) in [6.07, 6.45) is 3.60. The molecule has 0 unspecified atom stereocenters. The van der Waals surface area contributed by atoms with E-state index in [9.17, 15) is 10.1 Å². The highest BCUT2D eigenvalue weighted by molar-refractivity contribution is 6.30. The number of anilines is 1. The summed E-state index contributed by atoms with van der Waals surface area (Å²) in [5.74, 6) is -0.432. The van der Waals surface area contributed by atoms with Crippen molar-refractivity contribution in [3.8, 4) is 6.07 Å². The van der Waals surface area contributed by atoms with Crippen LogP contribution in [0.2, 0.25) is 5.02 Å². The Morgan fingerprint density at radius 1 is 1.00 bits per heavy atom. The Morgan fingerprint density at radius 3 is 2.43 bits per heavy atom. The van der Waals surface area contributed by atoms with Crippen LogP contribution in [0.25, 0.3) is 17.0 Å². The number of nitriles is 1. The van der Waals surface area contributed by atoms with Crippen LogP contribution in [0.15, 0.2) is 90.6 Å². The fraction of sp³-hybridized carbons (Fsp3) is 0.0400. The summed E-state index contributed by atoms with van der Waals surface area (Å²) in [7, 11) is 0. The summed E-state index contributed by atoms with van der Waals surface area (Å²) in [4.78, 5) is 12.6. The molecular weight excluding hydrogens is 394 g/mol. The number of hydrogen-bond donors (Lipinski definition) is 1. The number of amides is 1. The predicted octanol–water partition coefficient (Wildman–Crippen LogP) is 5.89. The third kappa shape index (κ3) is 4.27. The third-order valence-electron chi connectivity index (χ3n) is 4.78. The quantitative estimate of drug-likeness (QED) is 0.329. The van der Waals surface area contributed by atoms with Crippen molar-refractivity contribution in [1.29, 1.82) is 5.26 Å². The normalized spacial score (nSPS) is 11.3. The SMILES string of the molecule is N#C/C(=C\c1cn(Cc2ccc(Cl)cc2)c2ccccc12)C(=O)Nc1ccccc1. The zero-order chi connectivity index (χ0) is 20.9. The first-order valence-electron chi connectivity index (χ1n) is 9.44. The Bertz CT molecular complexity index is 1270. The highest BCUT2D eigenvalue weighted by Gasteiger charge is 2.13. The lowest BCUT2D eigenvalue weighted by molar-refractivity contribution is -0.112. The summed E-state index contributed by atoms with van der Waals surface area (Å²) in [6.45, 7) is 0.656. The topological polar surface area (TPSA) is 57.8 Å². The largest absolute Gasteiger partial charge is 0.342 e. The van der Waals surface area contributed by atoms with E-state index < -0.39 is 5.91 Å². The second-order valence-corrected chi connectivity index (χ2v) is 7.28. The van der Waals surface area contributed by atoms with Crippen molar-refractivity contribution in [2.24, 2.45) is 0 Å². The first-order chi connectivity index (χ1) is 14.6. The van der Waals surface area contributed by atoms with E-state index in [-0.39, 0.29) is 5.57 Å². The molecule has 4 rings (SSSR count). The zero-order valence-electron chi connectivity index (χ0n) is 16.0. The Hall–Kier alpha value is -3.81. The number of aromatic nitrogens is 1. The lowest BCUT2D eigenvalue weighted by Crippen LogP contribution is -2.13. The van der Waals surface area contributed by atoms with Crippen molar-refractivity contribution in [3.63, 3.8) is 0 Å². The lowest BCUT2D eigenvalue weighted by atomic mass is 10.1. The van der Waals surface area contributed by atoms with Gasteiger partial charge in [0, 0.05) is 39.9 Å². The summed E-state index contributed by atoms with van der Waals surface area (Å²) in [5.41, 5.74) is 3.65. The molecule has 146 valence electrons. The molecule has 0 fully saturated rings. The van der Waals surface area contributed by atoms with Crippen LogP contribution in [0.5, 0.6) is 0 Å². The number of rotatable bonds is 5. The number of carbonyl (C=O) groups is 1. The van der Waals surface area contributed by atoms with Gasteiger partial charge in [0.05, 0.1) is 0 Å². The first-order valence-corrected chi connectivity index (χ1v) is 9.82. The maximum atomic E-state index is 12.6. The van der Waals surface area contributed by atoms with Gasteiger partial charge in [-0.1, -0.05) is 60.1 Å². The minimum atomic E-state index is -0.432. The maximum absolute atomic E-state index is 12.6. The molecule has 4 nitrogen and oxygen atoms in total. The number of nitrogens with zero attached hydrogens (tertiary/aromatic N) is 2. The molecule has 0 aliphatic heterocycles. The summed E-state index contributed by atoms with van der Waals surface area (Å²) < 4.78 is 2.11. The van der Waals surface area contributed by atoms with Crippen molar-refractivity contribution in [2.45, 2.75) is 6.54 Å². The van der Waals surface area contributed by atoms with Gasteiger partial charge in [-0.25, -0.2) is 0 Å². The van der Waals surface area contributed by atoms with Gasteiger partial charge in [-0.15, -0.1) is 0 Å². The van der Waals surface area contributed by atoms with Gasteiger partial charge < -0.3 is 9.88 Å². The number of nitrogens with one attached hydrogen (secondary N) is 1. The molecule has 1 amide bonds. The van der Waals surface area contributed by atoms with Crippen LogP contribution in [0.3, 0.4) is 0 Å². The van der Waals surface area contributed by atoms with Crippen molar-refractivity contribution in [1.82, 2.24) is 4.57 Å². The molecule has 3 aromatic carbocycles. The summed E-state index contributed by atoms with van der Waals surface area (Å²) in [5, 5.41) is 14.0. The number of hydrogen-bond acceptors (Lipinski definition) is 2. The smallest absolute Gasteiger partial charge is 0.266 e. The van der Waals surface area contributed by atoms with Crippen molar-refractivity contribution in [3.05, 3.63) is 107 Å². The second-order valence-electron chi connectivity index (χ2n) is 6.85. The van der Waals surface area contributed by atoms with Gasteiger partial charge in [0.15, 0.2) is 0 Å². The van der Waals surface area contributed by atoms with E-state index in [1.54, 1.807) is 18.2 Å². The summed E-state index contributed by atoms with van der Waals surface area (Å²) in [6, 6.07) is 26.8. The van der Waals surface area contributed by atoms with Crippen LogP contribution >= 0.6 is 11.6 Å². The third-order valence-corrected chi connectivity index (χ3v) is 5.03. The van der Waals surface area contributed by atoms with Gasteiger partial charge in [0.1, 0.15) is 11.6 Å². The van der Waals surface area contributed by atoms with Crippen LogP contribution < -0.4 is 5.32 Å². The highest BCUT2D eigenvalue weighted by Crippen LogP contribution is 2.25. The molecule has 0 saturated carbocycles. The van der Waals surface area contributed by atoms with E-state index in [0.717, 1.165) is 22.0 Å². The lowest BCUT2D eigenvalue weighted by Gasteiger charge is -2.05. The molecule has 4 aromatic rings. The van der Waals surface area contributed by atoms with E-state index in [1.807, 2.05) is 79.0 Å². The van der Waals surface area contributed by atoms with Crippen LogP contribution in [-0.2, 0) is 11.3 Å². The minimum Gasteiger partial charge on any atom is -0.342 e. The molecule has 0 saturated heterocycles. The highest BCUT2D eigenvalue weighted by atomic mass is 35.5. The molecule has 0 spiro atoms. The molecule has 1 N–H and O–H groups in total. The average molecular weight is 412 g/mol. The van der Waals surface area contributed by atoms with Gasteiger partial charge in [-0.2, -0.15) is 5.26 Å². The van der Waals surface area contributed by atoms with Crippen molar-refractivity contribution in [2.75, 3.05) is 5.32 Å². The second kappa shape index (κ2) is 8.69. The molecule has 0 radical (unpaired) electrons. The molecule has 0 aliphatic rings. The Morgan fingerprint density at radius 2 is 1.70 bits per heavy atom. The molecule has 0 bridgehead atoms. The van der Waals surface area contributed by atoms with E-state index in [0.29, 0.717) is 17.3 Å². The van der Waals surface area contributed by atoms with Gasteiger partial charge in [-0.05, 0) is 42.0 Å². The maximum Gasteiger partial charge on any atom is 0.266 e. The standard InChI is InChI=1S/C25H18ClN3O/c26-21-12-10-18(11-13-21)16-29-17-20(23-8-4-5-9-24(23)29)14-19(15-27)25(30)28-22-6-2-1-3-7-22/h1-14,17H,16H2,(H,28,30)/b19-14+. The molecule has 5 heteroatoms. The Labute approximate surface area is 179 Å². The van der Waals surface area contributed by atoms with Gasteiger partial charge in [-0.3, -0.25) is 4.79 Å². The summed E-state index contributed by atoms with van der Waals surface area (Å²) >= 11 is 5.99. The first kappa shape index (κ1) is 19.5. The predicted molar refractivity (Wildman–Crippen MR) is 121 cm³/mol. The number of fused-ring (bicyclic) bond motifs is 1. The van der Waals surface area contributed by atoms with Crippen LogP contribution in [0.1, 0.15) is 11.1 Å². The average Bonchev–Trinajstić information content (AvgIpc) is 3.11. The fourth-order valence-corrected chi connectivity index (χ4v) is 3.46. The van der Waals surface area contributed by atoms with Crippen molar-refractivity contribution < 1.29 is 4.79 Å². The van der Waals surface area contributed by atoms with Crippen LogP contribution in [0, 0.1) is 11.3 Å². The van der Waals surface area contributed by atoms with Crippen molar-refractivity contribution >= 4 is 40.2 Å². The van der Waals surface area contributed by atoms with E-state index in [4.69, 9.17) is 11.6 Å². The molecule has 1 aromatic heterocycles. The van der Waals surface area contributed by atoms with Gasteiger partial charge in [0.2, 0.25) is 0 Å². The van der Waals surface area contributed by atoms with Gasteiger partial charge in [0.25, 0.3) is 5.91 Å². The number of halogens is 1. The van der Waals surface area contributed by atoms with E-state index in [2.05, 4.69) is 9.88 Å². The Kier molecular flexibility index (Phi) is 5.65. The zero-order valence-corrected chi connectivity index (χ0v) is 16.8. The van der Waals surface area contributed by atoms with Gasteiger partial charge >= 0.3 is 0 Å². The minimum absolute atomic E-state index is 0.0493. The molecular formula is C25H18ClN3O.